The van der Waals surface area contributed by atoms with Gasteiger partial charge in [0.25, 0.3) is 5.91 Å². The molecule has 4 N–H and O–H groups in total. The fraction of sp³-hybridized carbons (Fsp3) is 0.346. The van der Waals surface area contributed by atoms with Crippen molar-refractivity contribution in [2.45, 2.75) is 52.6 Å². The minimum Gasteiger partial charge on any atom is -0.349 e. The van der Waals surface area contributed by atoms with Crippen molar-refractivity contribution in [3.8, 4) is 22.8 Å². The van der Waals surface area contributed by atoms with Crippen molar-refractivity contribution in [2.75, 3.05) is 0 Å². The first kappa shape index (κ1) is 24.5. The number of allylic oxidation sites excluding steroid dienone is 3. The van der Waals surface area contributed by atoms with E-state index in [0.29, 0.717) is 20.3 Å². The number of aromatic nitrogens is 3. The number of nitrogens with one attached hydrogen (secondary N) is 2. The summed E-state index contributed by atoms with van der Waals surface area (Å²) >= 11 is 0. The maximum atomic E-state index is 13.2. The van der Waals surface area contributed by atoms with Gasteiger partial charge in [0, 0.05) is 23.8 Å². The molecule has 2 aromatic heterocycles. The molecule has 1 aliphatic heterocycles. The fourth-order valence-corrected chi connectivity index (χ4v) is 3.79. The zero-order valence-corrected chi connectivity index (χ0v) is 20.7. The van der Waals surface area contributed by atoms with E-state index in [0.717, 1.165) is 34.5 Å². The average Bonchev–Trinajstić information content (AvgIpc) is 3.27. The molecule has 33 heavy (non-hydrogen) atoms. The van der Waals surface area contributed by atoms with Crippen LogP contribution in [-0.2, 0) is 0 Å². The Morgan fingerprint density at radius 3 is 2.88 bits per heavy atom. The Balaban J connectivity index is 1.96. The predicted octanol–water partition coefficient (Wildman–Crippen LogP) is 4.89. The van der Waals surface area contributed by atoms with Crippen molar-refractivity contribution < 1.29 is 4.79 Å². The Kier molecular flexibility index (Phi) is 7.58. The number of carbonyl (C=O) groups excluding carboxylic acids is 1. The van der Waals surface area contributed by atoms with Crippen LogP contribution in [0.15, 0.2) is 36.6 Å². The molecule has 0 spiro atoms. The molecule has 0 saturated heterocycles. The highest BCUT2D eigenvalue weighted by molar-refractivity contribution is 7.42. The number of carbonyl (C=O) groups is 1. The third-order valence-corrected chi connectivity index (χ3v) is 6.34. The number of fused-ring (bicyclic) bond motifs is 1. The van der Waals surface area contributed by atoms with E-state index in [4.69, 9.17) is 5.73 Å². The summed E-state index contributed by atoms with van der Waals surface area (Å²) in [5.74, 6) is 2.91. The van der Waals surface area contributed by atoms with Crippen LogP contribution in [0.25, 0.3) is 23.5 Å². The molecule has 0 saturated carbocycles. The molecule has 2 aromatic rings. The molecule has 0 aliphatic carbocycles. The molecule has 7 heteroatoms. The molecule has 0 fully saturated rings. The second-order valence-corrected chi connectivity index (χ2v) is 9.62. The topological polar surface area (TPSA) is 88.7 Å². The number of aromatic amines is 1. The van der Waals surface area contributed by atoms with Crippen molar-refractivity contribution >= 4 is 32.7 Å². The lowest BCUT2D eigenvalue weighted by molar-refractivity contribution is 0.0917. The van der Waals surface area contributed by atoms with Gasteiger partial charge in [-0.3, -0.25) is 4.79 Å². The van der Waals surface area contributed by atoms with Gasteiger partial charge in [0.1, 0.15) is 5.69 Å². The molecule has 3 heterocycles. The molecule has 172 valence electrons. The lowest BCUT2D eigenvalue weighted by Crippen LogP contribution is -2.48. The normalized spacial score (nSPS) is 14.7. The number of amides is 1. The second-order valence-electron chi connectivity index (χ2n) is 9.08. The van der Waals surface area contributed by atoms with Crippen LogP contribution in [0.2, 0.25) is 0 Å². The Bertz CT molecular complexity index is 1180. The van der Waals surface area contributed by atoms with Crippen LogP contribution in [0, 0.1) is 17.0 Å². The van der Waals surface area contributed by atoms with Gasteiger partial charge in [-0.15, -0.1) is 0 Å². The van der Waals surface area contributed by atoms with Crippen LogP contribution in [0.5, 0.6) is 0 Å². The number of rotatable bonds is 7. The monoisotopic (exact) mass is 461 g/mol. The first-order valence-electron chi connectivity index (χ1n) is 11.0. The van der Waals surface area contributed by atoms with E-state index in [1.165, 1.54) is 0 Å². The number of nitrogens with two attached hydrogens (primary N) is 1. The number of hydrogen-bond donors (Lipinski definition) is 3. The minimum absolute atomic E-state index is 0.147. The first-order valence-corrected chi connectivity index (χ1v) is 12.0. The van der Waals surface area contributed by atoms with E-state index < -0.39 is 0 Å². The molecule has 1 amide bonds. The van der Waals surface area contributed by atoms with Crippen LogP contribution in [0.4, 0.5) is 0 Å². The lowest BCUT2D eigenvalue weighted by atomic mass is 9.78. The molecular formula is C26H32N5OP. The van der Waals surface area contributed by atoms with Gasteiger partial charge in [-0.1, -0.05) is 50.4 Å². The minimum atomic E-state index is -0.218. The van der Waals surface area contributed by atoms with Crippen LogP contribution in [-0.4, -0.2) is 39.1 Å². The molecule has 2 atom stereocenters. The lowest BCUT2D eigenvalue weighted by Gasteiger charge is -2.32. The number of hydrogen-bond acceptors (Lipinski definition) is 3. The SMILES string of the molecule is C=PC#Cc1cc(C(=O)NC(CC(C)(C)C(=C)C)C(C)N)[nH]c1-c1cnn2c1C=CCC=C2. The van der Waals surface area contributed by atoms with Crippen molar-refractivity contribution in [1.82, 2.24) is 20.1 Å². The molecule has 1 aliphatic rings. The standard InChI is InChI=1S/C26H32N5OP/c1-17(2)26(4,5)15-22(18(3)27)30-25(32)21-14-19(11-13-33-6)24(29-21)20-16-28-31-12-9-7-8-10-23(20)31/h8-10,12,14,16,18,22,29H,1,6-7,15,27H2,2-5H3,(H,30,32). The Labute approximate surface area is 197 Å². The zero-order valence-electron chi connectivity index (χ0n) is 19.8. The molecular weight excluding hydrogens is 429 g/mol. The summed E-state index contributed by atoms with van der Waals surface area (Å²) in [5, 5.41) is 7.58. The van der Waals surface area contributed by atoms with Crippen molar-refractivity contribution in [3.05, 3.63) is 53.5 Å². The van der Waals surface area contributed by atoms with Crippen molar-refractivity contribution in [1.29, 1.82) is 0 Å². The van der Waals surface area contributed by atoms with E-state index in [2.05, 4.69) is 59.8 Å². The van der Waals surface area contributed by atoms with Gasteiger partial charge in [-0.25, -0.2) is 4.68 Å². The third-order valence-electron chi connectivity index (χ3n) is 6.07. The van der Waals surface area contributed by atoms with Crippen LogP contribution in [0.3, 0.4) is 0 Å². The number of H-pyrrole nitrogens is 1. The molecule has 0 aromatic carbocycles. The van der Waals surface area contributed by atoms with Crippen molar-refractivity contribution in [3.63, 3.8) is 0 Å². The smallest absolute Gasteiger partial charge is 0.268 e. The highest BCUT2D eigenvalue weighted by Gasteiger charge is 2.28. The second kappa shape index (κ2) is 10.2. The highest BCUT2D eigenvalue weighted by atomic mass is 31.1. The van der Waals surface area contributed by atoms with E-state index in [1.807, 2.05) is 36.9 Å². The zero-order chi connectivity index (χ0) is 24.2. The first-order chi connectivity index (χ1) is 15.6. The maximum absolute atomic E-state index is 13.2. The Morgan fingerprint density at radius 2 is 2.21 bits per heavy atom. The molecule has 3 rings (SSSR count). The average molecular weight is 462 g/mol. The third kappa shape index (κ3) is 5.63. The van der Waals surface area contributed by atoms with Crippen molar-refractivity contribution in [2.24, 2.45) is 11.1 Å². The van der Waals surface area contributed by atoms with Crippen LogP contribution >= 0.6 is 8.20 Å². The largest absolute Gasteiger partial charge is 0.349 e. The molecule has 6 nitrogen and oxygen atoms in total. The van der Waals surface area contributed by atoms with Gasteiger partial charge in [0.2, 0.25) is 0 Å². The fourth-order valence-electron chi connectivity index (χ4n) is 3.59. The summed E-state index contributed by atoms with van der Waals surface area (Å²) in [4.78, 5) is 16.5. The van der Waals surface area contributed by atoms with E-state index in [-0.39, 0.29) is 23.4 Å². The Morgan fingerprint density at radius 1 is 1.45 bits per heavy atom. The summed E-state index contributed by atoms with van der Waals surface area (Å²) in [5.41, 5.74) is 13.9. The summed E-state index contributed by atoms with van der Waals surface area (Å²) in [6, 6.07) is 1.37. The highest BCUT2D eigenvalue weighted by Crippen LogP contribution is 2.32. The molecule has 2 unspecified atom stereocenters. The van der Waals surface area contributed by atoms with Gasteiger partial charge in [-0.05, 0) is 58.1 Å². The quantitative estimate of drug-likeness (QED) is 0.312. The van der Waals surface area contributed by atoms with Gasteiger partial charge in [0.05, 0.1) is 23.1 Å². The van der Waals surface area contributed by atoms with Crippen LogP contribution < -0.4 is 11.1 Å². The van der Waals surface area contributed by atoms with Gasteiger partial charge < -0.3 is 16.0 Å². The van der Waals surface area contributed by atoms with E-state index >= 15 is 0 Å². The number of nitrogens with zero attached hydrogens (tertiary/aromatic N) is 2. The van der Waals surface area contributed by atoms with E-state index in [9.17, 15) is 4.79 Å². The van der Waals surface area contributed by atoms with E-state index in [1.54, 1.807) is 12.3 Å². The maximum Gasteiger partial charge on any atom is 0.268 e. The van der Waals surface area contributed by atoms with Gasteiger partial charge >= 0.3 is 0 Å². The molecule has 0 radical (unpaired) electrons. The summed E-state index contributed by atoms with van der Waals surface area (Å²) < 4.78 is 1.82. The molecule has 0 bridgehead atoms. The van der Waals surface area contributed by atoms with Gasteiger partial charge in [-0.2, -0.15) is 5.10 Å². The summed E-state index contributed by atoms with van der Waals surface area (Å²) in [6.07, 6.45) is 15.2. The summed E-state index contributed by atoms with van der Waals surface area (Å²) in [6.45, 7) is 12.2. The van der Waals surface area contributed by atoms with Gasteiger partial charge in [0.15, 0.2) is 0 Å². The Hall–Kier alpha value is -3.13. The predicted molar refractivity (Wildman–Crippen MR) is 140 cm³/mol. The van der Waals surface area contributed by atoms with Crippen LogP contribution in [0.1, 0.15) is 62.3 Å². The summed E-state index contributed by atoms with van der Waals surface area (Å²) in [7, 11) is 0.710.